The van der Waals surface area contributed by atoms with Crippen molar-refractivity contribution in [2.24, 2.45) is 0 Å². The van der Waals surface area contributed by atoms with E-state index in [1.54, 1.807) is 57.2 Å². The van der Waals surface area contributed by atoms with Gasteiger partial charge in [0.15, 0.2) is 0 Å². The van der Waals surface area contributed by atoms with Crippen molar-refractivity contribution >= 4 is 28.4 Å². The molecule has 8 nitrogen and oxygen atoms in total. The topological polar surface area (TPSA) is 96.8 Å². The van der Waals surface area contributed by atoms with Crippen LogP contribution in [0.2, 0.25) is 0 Å². The Hall–Kier alpha value is -3.30. The van der Waals surface area contributed by atoms with E-state index in [0.29, 0.717) is 53.4 Å². The lowest BCUT2D eigenvalue weighted by molar-refractivity contribution is -0.143. The average Bonchev–Trinajstić information content (AvgIpc) is 2.85. The van der Waals surface area contributed by atoms with Gasteiger partial charge in [-0.3, -0.25) is 9.69 Å². The predicted octanol–water partition coefficient (Wildman–Crippen LogP) is 4.78. The number of halogens is 1. The summed E-state index contributed by atoms with van der Waals surface area (Å²) in [6.45, 7) is 8.44. The lowest BCUT2D eigenvalue weighted by Gasteiger charge is -2.27. The fourth-order valence-corrected chi connectivity index (χ4v) is 3.41. The van der Waals surface area contributed by atoms with Gasteiger partial charge < -0.3 is 19.9 Å². The highest BCUT2D eigenvalue weighted by molar-refractivity contribution is 5.92. The zero-order valence-corrected chi connectivity index (χ0v) is 20.6. The molecule has 0 amide bonds. The van der Waals surface area contributed by atoms with Crippen molar-refractivity contribution in [3.8, 4) is 5.75 Å². The fourth-order valence-electron chi connectivity index (χ4n) is 3.41. The monoisotopic (exact) mass is 472 g/mol. The van der Waals surface area contributed by atoms with Crippen LogP contribution in [0.4, 0.5) is 15.9 Å². The molecule has 3 rings (SSSR count). The molecular formula is C25H33FN4O4. The second-order valence-corrected chi connectivity index (χ2v) is 7.44. The van der Waals surface area contributed by atoms with Gasteiger partial charge in [-0.25, -0.2) is 14.4 Å². The lowest BCUT2D eigenvalue weighted by Crippen LogP contribution is -2.40. The Morgan fingerprint density at radius 2 is 1.97 bits per heavy atom. The Kier molecular flexibility index (Phi) is 10.2. The summed E-state index contributed by atoms with van der Waals surface area (Å²) in [7, 11) is 3.12. The molecule has 9 heteroatoms. The van der Waals surface area contributed by atoms with E-state index in [1.807, 2.05) is 19.9 Å². The number of fused-ring (bicyclic) bond motifs is 1. The third-order valence-corrected chi connectivity index (χ3v) is 5.34. The van der Waals surface area contributed by atoms with E-state index >= 15 is 0 Å². The molecule has 2 aromatic carbocycles. The maximum Gasteiger partial charge on any atom is 0.320 e. The molecule has 0 radical (unpaired) electrons. The van der Waals surface area contributed by atoms with Crippen molar-refractivity contribution in [3.05, 3.63) is 53.6 Å². The molecule has 1 unspecified atom stereocenters. The number of aryl methyl sites for hydroxylation is 1. The van der Waals surface area contributed by atoms with E-state index in [0.717, 1.165) is 5.56 Å². The number of benzene rings is 2. The molecule has 1 atom stereocenters. The van der Waals surface area contributed by atoms with E-state index in [4.69, 9.17) is 9.47 Å². The third kappa shape index (κ3) is 6.39. The summed E-state index contributed by atoms with van der Waals surface area (Å²) in [6, 6.07) is 7.99. The van der Waals surface area contributed by atoms with Gasteiger partial charge in [-0.15, -0.1) is 0 Å². The molecule has 0 bridgehead atoms. The van der Waals surface area contributed by atoms with Crippen LogP contribution in [0.3, 0.4) is 0 Å². The number of nitrogens with zero attached hydrogens (tertiary/aromatic N) is 3. The first-order valence-electron chi connectivity index (χ1n) is 11.1. The van der Waals surface area contributed by atoms with Gasteiger partial charge >= 0.3 is 5.97 Å². The van der Waals surface area contributed by atoms with Crippen molar-refractivity contribution in [1.82, 2.24) is 14.9 Å². The molecule has 0 aliphatic rings. The van der Waals surface area contributed by atoms with Crippen LogP contribution in [-0.4, -0.2) is 59.4 Å². The van der Waals surface area contributed by atoms with Gasteiger partial charge in [-0.1, -0.05) is 26.0 Å². The number of nitrogens with one attached hydrogen (secondary N) is 1. The van der Waals surface area contributed by atoms with Gasteiger partial charge in [0.05, 0.1) is 24.9 Å². The molecule has 1 aromatic heterocycles. The number of carbonyl (C=O) groups is 1. The molecule has 0 spiro atoms. The zero-order valence-electron chi connectivity index (χ0n) is 20.6. The molecule has 3 aromatic rings. The fraction of sp³-hybridized carbons (Fsp3) is 0.400. The van der Waals surface area contributed by atoms with Gasteiger partial charge in [0.1, 0.15) is 29.8 Å². The summed E-state index contributed by atoms with van der Waals surface area (Å²) < 4.78 is 25.2. The summed E-state index contributed by atoms with van der Waals surface area (Å²) >= 11 is 0. The van der Waals surface area contributed by atoms with E-state index in [2.05, 4.69) is 15.3 Å². The van der Waals surface area contributed by atoms with E-state index in [-0.39, 0.29) is 5.82 Å². The Bertz CT molecular complexity index is 1110. The molecule has 2 N–H and O–H groups in total. The van der Waals surface area contributed by atoms with Crippen molar-refractivity contribution in [1.29, 1.82) is 0 Å². The maximum absolute atomic E-state index is 14.5. The minimum absolute atomic E-state index is 0.309. The van der Waals surface area contributed by atoms with Gasteiger partial charge in [0, 0.05) is 37.2 Å². The minimum atomic E-state index is -0.929. The Balaban J connectivity index is 0.00000199. The van der Waals surface area contributed by atoms with Crippen molar-refractivity contribution in [3.63, 3.8) is 0 Å². The largest absolute Gasteiger partial charge is 0.496 e. The summed E-state index contributed by atoms with van der Waals surface area (Å²) in [5.41, 5.74) is 2.20. The molecule has 34 heavy (non-hydrogen) atoms. The first-order valence-corrected chi connectivity index (χ1v) is 11.1. The van der Waals surface area contributed by atoms with Crippen molar-refractivity contribution < 1.29 is 23.8 Å². The minimum Gasteiger partial charge on any atom is -0.496 e. The van der Waals surface area contributed by atoms with Crippen LogP contribution in [0.15, 0.2) is 36.7 Å². The van der Waals surface area contributed by atoms with Gasteiger partial charge in [0.25, 0.3) is 0 Å². The highest BCUT2D eigenvalue weighted by Gasteiger charge is 2.22. The van der Waals surface area contributed by atoms with Crippen LogP contribution in [0.5, 0.6) is 5.75 Å². The summed E-state index contributed by atoms with van der Waals surface area (Å²) in [4.78, 5) is 22.0. The molecule has 0 fully saturated rings. The van der Waals surface area contributed by atoms with Gasteiger partial charge in [-0.05, 0) is 31.5 Å². The predicted molar refractivity (Wildman–Crippen MR) is 131 cm³/mol. The molecular weight excluding hydrogens is 439 g/mol. The molecule has 1 heterocycles. The standard InChI is InChI=1S/C23H27FN4O4.C2H6/c1-14-6-5-7-18(21(14)24)27-22-17-10-16(20(32-4)11-19(17)25-13-26-22)12-28(8-9-31-3)15(2)23(29)30;1-2/h5-7,10-11,13,15H,8-9,12H2,1-4H3,(H,29,30)(H,25,26,27);1-2H3. The SMILES string of the molecule is CC.COCCN(Cc1cc2c(Nc3cccc(C)c3F)ncnc2cc1OC)C(C)C(=O)O. The first kappa shape index (κ1) is 26.9. The quantitative estimate of drug-likeness (QED) is 0.435. The Morgan fingerprint density at radius 1 is 1.24 bits per heavy atom. The number of ether oxygens (including phenoxy) is 2. The van der Waals surface area contributed by atoms with Crippen LogP contribution < -0.4 is 10.1 Å². The smallest absolute Gasteiger partial charge is 0.320 e. The van der Waals surface area contributed by atoms with Crippen molar-refractivity contribution in [2.75, 3.05) is 32.7 Å². The maximum atomic E-state index is 14.5. The Labute approximate surface area is 199 Å². The number of aliphatic carboxylic acids is 1. The molecule has 0 saturated heterocycles. The molecule has 0 saturated carbocycles. The third-order valence-electron chi connectivity index (χ3n) is 5.34. The zero-order chi connectivity index (χ0) is 25.3. The van der Waals surface area contributed by atoms with E-state index < -0.39 is 12.0 Å². The first-order chi connectivity index (χ1) is 16.3. The number of rotatable bonds is 10. The Morgan fingerprint density at radius 3 is 2.62 bits per heavy atom. The highest BCUT2D eigenvalue weighted by atomic mass is 19.1. The summed E-state index contributed by atoms with van der Waals surface area (Å²) in [6.07, 6.45) is 1.40. The number of hydrogen-bond acceptors (Lipinski definition) is 7. The summed E-state index contributed by atoms with van der Waals surface area (Å²) in [5.74, 6) is -0.266. The number of carboxylic acids is 1. The average molecular weight is 473 g/mol. The van der Waals surface area contributed by atoms with Gasteiger partial charge in [0.2, 0.25) is 0 Å². The number of methoxy groups -OCH3 is 2. The van der Waals surface area contributed by atoms with E-state index in [1.165, 1.54) is 6.33 Å². The van der Waals surface area contributed by atoms with E-state index in [9.17, 15) is 14.3 Å². The number of aromatic nitrogens is 2. The van der Waals surface area contributed by atoms with Gasteiger partial charge in [-0.2, -0.15) is 0 Å². The number of anilines is 2. The molecule has 184 valence electrons. The van der Waals surface area contributed by atoms with Crippen LogP contribution in [0.1, 0.15) is 31.9 Å². The molecule has 0 aliphatic carbocycles. The molecule has 0 aliphatic heterocycles. The second-order valence-electron chi connectivity index (χ2n) is 7.44. The van der Waals surface area contributed by atoms with Crippen LogP contribution in [0, 0.1) is 12.7 Å². The lowest BCUT2D eigenvalue weighted by atomic mass is 10.1. The number of carboxylic acid groups (broad SMARTS) is 1. The van der Waals surface area contributed by atoms with Crippen molar-refractivity contribution in [2.45, 2.75) is 40.3 Å². The van der Waals surface area contributed by atoms with Crippen LogP contribution in [0.25, 0.3) is 10.9 Å². The summed E-state index contributed by atoms with van der Waals surface area (Å²) in [5, 5.41) is 13.2. The number of hydrogen-bond donors (Lipinski definition) is 2. The second kappa shape index (κ2) is 12.8. The van der Waals surface area contributed by atoms with Crippen LogP contribution in [-0.2, 0) is 16.1 Å². The van der Waals surface area contributed by atoms with Crippen LogP contribution >= 0.6 is 0 Å². The highest BCUT2D eigenvalue weighted by Crippen LogP contribution is 2.31. The normalized spacial score (nSPS) is 11.6.